The third-order valence-electron chi connectivity index (χ3n) is 4.76. The van der Waals surface area contributed by atoms with E-state index in [2.05, 4.69) is 25.4 Å². The predicted octanol–water partition coefficient (Wildman–Crippen LogP) is 4.42. The number of anilines is 2. The van der Waals surface area contributed by atoms with Gasteiger partial charge in [-0.3, -0.25) is 4.79 Å². The maximum absolute atomic E-state index is 12.6. The van der Waals surface area contributed by atoms with Crippen molar-refractivity contribution in [2.45, 2.75) is 19.8 Å². The molecule has 0 saturated carbocycles. The number of nitrogens with one attached hydrogen (secondary N) is 1. The summed E-state index contributed by atoms with van der Waals surface area (Å²) < 4.78 is 0. The van der Waals surface area contributed by atoms with Gasteiger partial charge in [-0.25, -0.2) is 4.98 Å². The Kier molecular flexibility index (Phi) is 5.54. The molecule has 1 aliphatic heterocycles. The highest BCUT2D eigenvalue weighted by Gasteiger charge is 2.27. The molecule has 1 unspecified atom stereocenters. The monoisotopic (exact) mass is 413 g/mol. The Morgan fingerprint density at radius 3 is 2.71 bits per heavy atom. The Balaban J connectivity index is 1.42. The Morgan fingerprint density at radius 1 is 1.21 bits per heavy atom. The predicted molar refractivity (Wildman–Crippen MR) is 113 cm³/mol. The fourth-order valence-electron chi connectivity index (χ4n) is 3.29. The van der Waals surface area contributed by atoms with Gasteiger partial charge in [0, 0.05) is 29.1 Å². The minimum atomic E-state index is -0.0873. The van der Waals surface area contributed by atoms with Crippen LogP contribution in [-0.4, -0.2) is 34.2 Å². The first-order chi connectivity index (χ1) is 13.6. The molecule has 1 aromatic carbocycles. The Hall–Kier alpha value is -2.51. The quantitative estimate of drug-likeness (QED) is 0.685. The van der Waals surface area contributed by atoms with Crippen molar-refractivity contribution < 1.29 is 4.79 Å². The molecule has 2 aromatic heterocycles. The first-order valence-electron chi connectivity index (χ1n) is 9.16. The molecule has 8 heteroatoms. The molecule has 1 amide bonds. The third kappa shape index (κ3) is 4.31. The SMILES string of the molecule is Cc1csc(NC(=O)C2CCCN(c3ccc(-c4ccc(Cl)cc4)nn3)C2)n1. The number of carbonyl (C=O) groups is 1. The number of hydrogen-bond acceptors (Lipinski definition) is 6. The van der Waals surface area contributed by atoms with Crippen molar-refractivity contribution in [2.24, 2.45) is 5.92 Å². The molecule has 3 heterocycles. The van der Waals surface area contributed by atoms with Gasteiger partial charge in [0.15, 0.2) is 10.9 Å². The van der Waals surface area contributed by atoms with E-state index < -0.39 is 0 Å². The fraction of sp³-hybridized carbons (Fsp3) is 0.300. The molecule has 1 fully saturated rings. The Bertz CT molecular complexity index is 957. The van der Waals surface area contributed by atoms with E-state index in [0.717, 1.165) is 42.2 Å². The number of carbonyl (C=O) groups excluding carboxylic acids is 1. The Morgan fingerprint density at radius 2 is 2.04 bits per heavy atom. The van der Waals surface area contributed by atoms with Crippen molar-refractivity contribution in [1.82, 2.24) is 15.2 Å². The first-order valence-corrected chi connectivity index (χ1v) is 10.4. The molecule has 1 N–H and O–H groups in total. The van der Waals surface area contributed by atoms with E-state index in [1.165, 1.54) is 11.3 Å². The van der Waals surface area contributed by atoms with Gasteiger partial charge in [-0.15, -0.1) is 21.5 Å². The molecule has 28 heavy (non-hydrogen) atoms. The standard InChI is InChI=1S/C20H20ClN5OS/c1-13-12-28-20(22-13)23-19(27)15-3-2-10-26(11-15)18-9-8-17(24-25-18)14-4-6-16(21)7-5-14/h4-9,12,15H,2-3,10-11H2,1H3,(H,22,23,27). The van der Waals surface area contributed by atoms with E-state index in [-0.39, 0.29) is 11.8 Å². The van der Waals surface area contributed by atoms with Crippen LogP contribution in [0.4, 0.5) is 10.9 Å². The molecular formula is C20H20ClN5OS. The number of piperidine rings is 1. The average molecular weight is 414 g/mol. The van der Waals surface area contributed by atoms with Crippen LogP contribution in [0.15, 0.2) is 41.8 Å². The highest BCUT2D eigenvalue weighted by atomic mass is 35.5. The molecule has 144 valence electrons. The van der Waals surface area contributed by atoms with E-state index in [9.17, 15) is 4.79 Å². The molecule has 1 atom stereocenters. The van der Waals surface area contributed by atoms with Crippen molar-refractivity contribution in [2.75, 3.05) is 23.3 Å². The summed E-state index contributed by atoms with van der Waals surface area (Å²) in [5.41, 5.74) is 2.69. The number of nitrogens with zero attached hydrogens (tertiary/aromatic N) is 4. The summed E-state index contributed by atoms with van der Waals surface area (Å²) in [7, 11) is 0. The van der Waals surface area contributed by atoms with Gasteiger partial charge in [-0.1, -0.05) is 23.7 Å². The van der Waals surface area contributed by atoms with Crippen LogP contribution in [0, 0.1) is 12.8 Å². The zero-order valence-electron chi connectivity index (χ0n) is 15.4. The fourth-order valence-corrected chi connectivity index (χ4v) is 4.10. The van der Waals surface area contributed by atoms with Crippen molar-refractivity contribution in [3.05, 3.63) is 52.5 Å². The maximum atomic E-state index is 12.6. The summed E-state index contributed by atoms with van der Waals surface area (Å²) in [5, 5.41) is 15.0. The normalized spacial score (nSPS) is 16.8. The smallest absolute Gasteiger partial charge is 0.231 e. The number of hydrogen-bond donors (Lipinski definition) is 1. The lowest BCUT2D eigenvalue weighted by molar-refractivity contribution is -0.120. The average Bonchev–Trinajstić information content (AvgIpc) is 3.13. The van der Waals surface area contributed by atoms with Crippen molar-refractivity contribution in [3.8, 4) is 11.3 Å². The highest BCUT2D eigenvalue weighted by molar-refractivity contribution is 7.13. The van der Waals surface area contributed by atoms with Crippen molar-refractivity contribution in [1.29, 1.82) is 0 Å². The zero-order valence-corrected chi connectivity index (χ0v) is 17.0. The second kappa shape index (κ2) is 8.24. The summed E-state index contributed by atoms with van der Waals surface area (Å²) in [6.45, 7) is 3.42. The summed E-state index contributed by atoms with van der Waals surface area (Å²) >= 11 is 7.39. The van der Waals surface area contributed by atoms with E-state index in [4.69, 9.17) is 11.6 Å². The number of benzene rings is 1. The number of thiazole rings is 1. The van der Waals surface area contributed by atoms with Gasteiger partial charge in [0.05, 0.1) is 17.3 Å². The summed E-state index contributed by atoms with van der Waals surface area (Å²) in [6, 6.07) is 11.4. The van der Waals surface area contributed by atoms with Gasteiger partial charge in [-0.05, 0) is 44.0 Å². The first kappa shape index (κ1) is 18.8. The van der Waals surface area contributed by atoms with Gasteiger partial charge in [0.1, 0.15) is 0 Å². The van der Waals surface area contributed by atoms with Crippen LogP contribution in [0.25, 0.3) is 11.3 Å². The van der Waals surface area contributed by atoms with Crippen LogP contribution in [-0.2, 0) is 4.79 Å². The molecule has 0 bridgehead atoms. The van der Waals surface area contributed by atoms with Crippen LogP contribution in [0.1, 0.15) is 18.5 Å². The molecular weight excluding hydrogens is 394 g/mol. The second-order valence-corrected chi connectivity index (χ2v) is 8.15. The number of aromatic nitrogens is 3. The summed E-state index contributed by atoms with van der Waals surface area (Å²) in [6.07, 6.45) is 1.80. The van der Waals surface area contributed by atoms with Crippen LogP contribution >= 0.6 is 22.9 Å². The zero-order chi connectivity index (χ0) is 19.5. The van der Waals surface area contributed by atoms with Crippen LogP contribution in [0.2, 0.25) is 5.02 Å². The molecule has 0 spiro atoms. The molecule has 1 saturated heterocycles. The Labute approximate surface area is 172 Å². The van der Waals surface area contributed by atoms with Gasteiger partial charge in [0.25, 0.3) is 0 Å². The van der Waals surface area contributed by atoms with E-state index >= 15 is 0 Å². The van der Waals surface area contributed by atoms with Gasteiger partial charge in [-0.2, -0.15) is 0 Å². The second-order valence-electron chi connectivity index (χ2n) is 6.85. The minimum absolute atomic E-state index is 0.0183. The van der Waals surface area contributed by atoms with Crippen molar-refractivity contribution >= 4 is 39.8 Å². The van der Waals surface area contributed by atoms with E-state index in [1.807, 2.05) is 48.7 Å². The number of halogens is 1. The number of rotatable bonds is 4. The van der Waals surface area contributed by atoms with Crippen LogP contribution < -0.4 is 10.2 Å². The van der Waals surface area contributed by atoms with E-state index in [1.54, 1.807) is 0 Å². The minimum Gasteiger partial charge on any atom is -0.354 e. The highest BCUT2D eigenvalue weighted by Crippen LogP contribution is 2.25. The topological polar surface area (TPSA) is 71.0 Å². The van der Waals surface area contributed by atoms with E-state index in [0.29, 0.717) is 16.7 Å². The molecule has 6 nitrogen and oxygen atoms in total. The molecule has 1 aliphatic rings. The lowest BCUT2D eigenvalue weighted by Crippen LogP contribution is -2.41. The van der Waals surface area contributed by atoms with Crippen molar-refractivity contribution in [3.63, 3.8) is 0 Å². The molecule has 0 aliphatic carbocycles. The number of amides is 1. The molecule has 4 rings (SSSR count). The lowest BCUT2D eigenvalue weighted by Gasteiger charge is -2.32. The van der Waals surface area contributed by atoms with Gasteiger partial charge < -0.3 is 10.2 Å². The lowest BCUT2D eigenvalue weighted by atomic mass is 9.97. The third-order valence-corrected chi connectivity index (χ3v) is 5.88. The number of aryl methyl sites for hydroxylation is 1. The largest absolute Gasteiger partial charge is 0.354 e. The maximum Gasteiger partial charge on any atom is 0.231 e. The van der Waals surface area contributed by atoms with Crippen LogP contribution in [0.3, 0.4) is 0 Å². The van der Waals surface area contributed by atoms with Gasteiger partial charge >= 0.3 is 0 Å². The molecule has 0 radical (unpaired) electrons. The summed E-state index contributed by atoms with van der Waals surface area (Å²) in [5.74, 6) is 0.723. The van der Waals surface area contributed by atoms with Gasteiger partial charge in [0.2, 0.25) is 5.91 Å². The summed E-state index contributed by atoms with van der Waals surface area (Å²) in [4.78, 5) is 19.0. The molecule has 3 aromatic rings. The van der Waals surface area contributed by atoms with Crippen LogP contribution in [0.5, 0.6) is 0 Å².